The molecule has 1 aliphatic heterocycles. The monoisotopic (exact) mass is 524 g/mol. The molecule has 39 heavy (non-hydrogen) atoms. The van der Waals surface area contributed by atoms with Crippen LogP contribution in [0.25, 0.3) is 0 Å². The standard InChI is InChI=1S/C29H32N8O2/c1-29(2,3)14-20(15-30)28(38)37-13-7-8-21(17-37)36-27-24(26(32)34-18-35-27)25(31)19-11-12-23(33-16-19)39-22-9-5-4-6-10-22/h4-6,9-12,14,16,18,21,31H,7-8,13,17H2,1-3H3,(H3,32,34,35,36)/b20-14+,31-25?. The Morgan fingerprint density at radius 1 is 1.21 bits per heavy atom. The first-order chi connectivity index (χ1) is 18.6. The highest BCUT2D eigenvalue weighted by molar-refractivity contribution is 6.16. The molecule has 1 aliphatic rings. The van der Waals surface area contributed by atoms with E-state index in [9.17, 15) is 10.1 Å². The molecule has 3 heterocycles. The van der Waals surface area contributed by atoms with Crippen molar-refractivity contribution in [3.8, 4) is 17.7 Å². The highest BCUT2D eigenvalue weighted by Crippen LogP contribution is 2.26. The second-order valence-corrected chi connectivity index (χ2v) is 10.4. The number of pyridine rings is 1. The number of allylic oxidation sites excluding steroid dienone is 1. The van der Waals surface area contributed by atoms with Crippen LogP contribution >= 0.6 is 0 Å². The second kappa shape index (κ2) is 11.7. The van der Waals surface area contributed by atoms with Crippen LogP contribution < -0.4 is 15.8 Å². The van der Waals surface area contributed by atoms with Crippen LogP contribution in [0, 0.1) is 22.2 Å². The molecule has 4 rings (SSSR count). The fraction of sp³-hybridized carbons (Fsp3) is 0.310. The number of hydrogen-bond acceptors (Lipinski definition) is 9. The predicted molar refractivity (Wildman–Crippen MR) is 150 cm³/mol. The molecule has 10 nitrogen and oxygen atoms in total. The third-order valence-electron chi connectivity index (χ3n) is 6.09. The van der Waals surface area contributed by atoms with E-state index in [2.05, 4.69) is 26.3 Å². The lowest BCUT2D eigenvalue weighted by Crippen LogP contribution is -2.46. The van der Waals surface area contributed by atoms with E-state index >= 15 is 0 Å². The number of nitrogens with one attached hydrogen (secondary N) is 2. The van der Waals surface area contributed by atoms with Crippen LogP contribution in [-0.2, 0) is 4.79 Å². The van der Waals surface area contributed by atoms with Crippen molar-refractivity contribution in [3.63, 3.8) is 0 Å². The molecule has 1 amide bonds. The van der Waals surface area contributed by atoms with Crippen LogP contribution in [0.4, 0.5) is 11.6 Å². The van der Waals surface area contributed by atoms with Gasteiger partial charge in [-0.2, -0.15) is 5.26 Å². The molecular weight excluding hydrogens is 492 g/mol. The number of carbonyl (C=O) groups excluding carboxylic acids is 1. The number of amides is 1. The average Bonchev–Trinajstić information content (AvgIpc) is 2.92. The van der Waals surface area contributed by atoms with Gasteiger partial charge in [-0.1, -0.05) is 45.0 Å². The van der Waals surface area contributed by atoms with Gasteiger partial charge in [0.05, 0.1) is 11.3 Å². The summed E-state index contributed by atoms with van der Waals surface area (Å²) in [5, 5.41) is 21.8. The third kappa shape index (κ3) is 6.96. The van der Waals surface area contributed by atoms with Gasteiger partial charge in [-0.05, 0) is 36.5 Å². The first-order valence-corrected chi connectivity index (χ1v) is 12.7. The normalized spacial score (nSPS) is 15.8. The van der Waals surface area contributed by atoms with Crippen LogP contribution in [0.2, 0.25) is 0 Å². The van der Waals surface area contributed by atoms with Crippen LogP contribution in [0.5, 0.6) is 11.6 Å². The number of rotatable bonds is 7. The number of hydrogen-bond donors (Lipinski definition) is 3. The summed E-state index contributed by atoms with van der Waals surface area (Å²) < 4.78 is 5.75. The number of nitrogens with two attached hydrogens (primary N) is 1. The van der Waals surface area contributed by atoms with Crippen molar-refractivity contribution in [2.24, 2.45) is 5.41 Å². The maximum absolute atomic E-state index is 13.1. The van der Waals surface area contributed by atoms with Gasteiger partial charge in [0.25, 0.3) is 5.91 Å². The molecule has 0 radical (unpaired) electrons. The Kier molecular flexibility index (Phi) is 8.20. The Morgan fingerprint density at radius 2 is 1.97 bits per heavy atom. The number of nitriles is 1. The molecule has 0 bridgehead atoms. The average molecular weight is 525 g/mol. The topological polar surface area (TPSA) is 154 Å². The Labute approximate surface area is 228 Å². The minimum Gasteiger partial charge on any atom is -0.439 e. The number of benzene rings is 1. The minimum atomic E-state index is -0.289. The first-order valence-electron chi connectivity index (χ1n) is 12.7. The van der Waals surface area contributed by atoms with Gasteiger partial charge >= 0.3 is 0 Å². The van der Waals surface area contributed by atoms with E-state index in [1.807, 2.05) is 51.1 Å². The Morgan fingerprint density at radius 3 is 2.64 bits per heavy atom. The largest absolute Gasteiger partial charge is 0.439 e. The van der Waals surface area contributed by atoms with Crippen LogP contribution in [0.15, 0.2) is 66.6 Å². The zero-order valence-corrected chi connectivity index (χ0v) is 22.3. The van der Waals surface area contributed by atoms with Gasteiger partial charge in [0.1, 0.15) is 35.4 Å². The number of carbonyl (C=O) groups is 1. The van der Waals surface area contributed by atoms with Gasteiger partial charge in [-0.25, -0.2) is 15.0 Å². The molecule has 0 saturated carbocycles. The number of nitrogen functional groups attached to an aromatic ring is 1. The van der Waals surface area contributed by atoms with Crippen molar-refractivity contribution in [3.05, 3.63) is 77.8 Å². The molecule has 4 N–H and O–H groups in total. The van der Waals surface area contributed by atoms with Gasteiger partial charge in [-0.15, -0.1) is 0 Å². The van der Waals surface area contributed by atoms with E-state index in [0.29, 0.717) is 41.7 Å². The quantitative estimate of drug-likeness (QED) is 0.231. The van der Waals surface area contributed by atoms with Crippen molar-refractivity contribution in [1.82, 2.24) is 19.9 Å². The Hall–Kier alpha value is -4.78. The number of anilines is 2. The lowest BCUT2D eigenvalue weighted by molar-refractivity contribution is -0.127. The minimum absolute atomic E-state index is 0.109. The zero-order valence-electron chi connectivity index (χ0n) is 22.3. The van der Waals surface area contributed by atoms with Gasteiger partial charge in [0.15, 0.2) is 0 Å². The van der Waals surface area contributed by atoms with Crippen molar-refractivity contribution in [2.45, 2.75) is 39.7 Å². The van der Waals surface area contributed by atoms with Crippen LogP contribution in [0.1, 0.15) is 44.7 Å². The van der Waals surface area contributed by atoms with E-state index in [4.69, 9.17) is 15.9 Å². The van der Waals surface area contributed by atoms with E-state index in [1.54, 1.807) is 29.3 Å². The van der Waals surface area contributed by atoms with E-state index in [0.717, 1.165) is 12.8 Å². The maximum atomic E-state index is 13.1. The summed E-state index contributed by atoms with van der Waals surface area (Å²) >= 11 is 0. The molecule has 1 atom stereocenters. The van der Waals surface area contributed by atoms with Crippen LogP contribution in [0.3, 0.4) is 0 Å². The zero-order chi connectivity index (χ0) is 28.0. The molecule has 1 fully saturated rings. The first kappa shape index (κ1) is 27.3. The number of likely N-dealkylation sites (tertiary alicyclic amines) is 1. The molecule has 3 aromatic rings. The number of aromatic nitrogens is 3. The summed E-state index contributed by atoms with van der Waals surface area (Å²) in [6.45, 7) is 6.82. The summed E-state index contributed by atoms with van der Waals surface area (Å²) in [4.78, 5) is 27.6. The van der Waals surface area contributed by atoms with Crippen molar-refractivity contribution < 1.29 is 9.53 Å². The molecule has 2 aromatic heterocycles. The van der Waals surface area contributed by atoms with Gasteiger partial charge in [-0.3, -0.25) is 10.2 Å². The molecular formula is C29H32N8O2. The molecule has 10 heteroatoms. The lowest BCUT2D eigenvalue weighted by atomic mass is 9.93. The molecule has 1 unspecified atom stereocenters. The molecule has 0 spiro atoms. The summed E-state index contributed by atoms with van der Waals surface area (Å²) in [6, 6.07) is 14.6. The van der Waals surface area contributed by atoms with E-state index in [1.165, 1.54) is 6.33 Å². The van der Waals surface area contributed by atoms with Crippen molar-refractivity contribution in [1.29, 1.82) is 10.7 Å². The summed E-state index contributed by atoms with van der Waals surface area (Å²) in [6.07, 6.45) is 6.15. The molecule has 1 aromatic carbocycles. The molecule has 200 valence electrons. The highest BCUT2D eigenvalue weighted by atomic mass is 16.5. The SMILES string of the molecule is CC(C)(C)/C=C(\C#N)C(=O)N1CCCC(Nc2ncnc(N)c2C(=N)c2ccc(Oc3ccccc3)nc2)C1. The highest BCUT2D eigenvalue weighted by Gasteiger charge is 2.28. The third-order valence-corrected chi connectivity index (χ3v) is 6.09. The fourth-order valence-electron chi connectivity index (χ4n) is 4.32. The van der Waals surface area contributed by atoms with Gasteiger partial charge in [0.2, 0.25) is 5.88 Å². The lowest BCUT2D eigenvalue weighted by Gasteiger charge is -2.34. The second-order valence-electron chi connectivity index (χ2n) is 10.4. The number of para-hydroxylation sites is 1. The molecule has 0 aliphatic carbocycles. The summed E-state index contributed by atoms with van der Waals surface area (Å²) in [5.41, 5.74) is 7.04. The van der Waals surface area contributed by atoms with Gasteiger partial charge in [0, 0.05) is 37.0 Å². The summed E-state index contributed by atoms with van der Waals surface area (Å²) in [5.74, 6) is 1.35. The van der Waals surface area contributed by atoms with Crippen LogP contribution in [-0.4, -0.2) is 50.6 Å². The number of piperidine rings is 1. The van der Waals surface area contributed by atoms with E-state index in [-0.39, 0.29) is 34.5 Å². The molecule has 1 saturated heterocycles. The Balaban J connectivity index is 1.50. The maximum Gasteiger partial charge on any atom is 0.264 e. The van der Waals surface area contributed by atoms with Crippen molar-refractivity contribution >= 4 is 23.3 Å². The van der Waals surface area contributed by atoms with E-state index < -0.39 is 0 Å². The fourth-order valence-corrected chi connectivity index (χ4v) is 4.32. The Bertz CT molecular complexity index is 1410. The van der Waals surface area contributed by atoms with Gasteiger partial charge < -0.3 is 20.7 Å². The number of nitrogens with zero attached hydrogens (tertiary/aromatic N) is 5. The smallest absolute Gasteiger partial charge is 0.264 e. The number of ether oxygens (including phenoxy) is 1. The summed E-state index contributed by atoms with van der Waals surface area (Å²) in [7, 11) is 0. The predicted octanol–water partition coefficient (Wildman–Crippen LogP) is 4.56. The van der Waals surface area contributed by atoms with Crippen molar-refractivity contribution in [2.75, 3.05) is 24.1 Å².